The fraction of sp³-hybridized carbons (Fsp3) is 0.250. The molecule has 2 aromatic rings. The second-order valence-corrected chi connectivity index (χ2v) is 4.71. The fourth-order valence-electron chi connectivity index (χ4n) is 2.53. The van der Waals surface area contributed by atoms with Gasteiger partial charge in [0.1, 0.15) is 6.17 Å². The van der Waals surface area contributed by atoms with Crippen LogP contribution in [-0.4, -0.2) is 6.17 Å². The van der Waals surface area contributed by atoms with Gasteiger partial charge in [0.05, 0.1) is 0 Å². The van der Waals surface area contributed by atoms with Gasteiger partial charge in [-0.2, -0.15) is 0 Å². The van der Waals surface area contributed by atoms with Crippen LogP contribution in [0, 0.1) is 5.92 Å². The van der Waals surface area contributed by atoms with Crippen LogP contribution in [0.5, 0.6) is 0 Å². The summed E-state index contributed by atoms with van der Waals surface area (Å²) in [5.74, 6) is 0.382. The Balaban J connectivity index is 1.99. The summed E-state index contributed by atoms with van der Waals surface area (Å²) >= 11 is 0. The summed E-state index contributed by atoms with van der Waals surface area (Å²) in [4.78, 5) is 0. The van der Waals surface area contributed by atoms with Gasteiger partial charge in [0.2, 0.25) is 0 Å². The lowest BCUT2D eigenvalue weighted by atomic mass is 9.87. The van der Waals surface area contributed by atoms with Crippen LogP contribution in [0.2, 0.25) is 0 Å². The molecule has 1 aliphatic rings. The van der Waals surface area contributed by atoms with E-state index in [9.17, 15) is 4.39 Å². The molecular weight excluding hydrogens is 211 g/mol. The summed E-state index contributed by atoms with van der Waals surface area (Å²) in [6.45, 7) is 0. The maximum atomic E-state index is 13.4. The van der Waals surface area contributed by atoms with E-state index in [4.69, 9.17) is 0 Å². The molecule has 1 aliphatic carbocycles. The summed E-state index contributed by atoms with van der Waals surface area (Å²) in [6, 6.07) is 20.5. The van der Waals surface area contributed by atoms with Crippen LogP contribution in [0.25, 0.3) is 0 Å². The van der Waals surface area contributed by atoms with E-state index >= 15 is 0 Å². The van der Waals surface area contributed by atoms with Crippen molar-refractivity contribution in [3.63, 3.8) is 0 Å². The lowest BCUT2D eigenvalue weighted by molar-refractivity contribution is 0.432. The van der Waals surface area contributed by atoms with Crippen LogP contribution in [0.15, 0.2) is 60.7 Å². The van der Waals surface area contributed by atoms with Crippen molar-refractivity contribution in [3.8, 4) is 0 Å². The largest absolute Gasteiger partial charge is 0.247 e. The molecule has 1 heteroatoms. The highest BCUT2D eigenvalue weighted by molar-refractivity contribution is 5.35. The number of halogens is 1. The summed E-state index contributed by atoms with van der Waals surface area (Å²) in [5.41, 5.74) is 2.45. The van der Waals surface area contributed by atoms with Crippen LogP contribution in [0.3, 0.4) is 0 Å². The Morgan fingerprint density at radius 1 is 0.824 bits per heavy atom. The molecule has 2 unspecified atom stereocenters. The molecule has 1 saturated carbocycles. The van der Waals surface area contributed by atoms with E-state index in [1.807, 2.05) is 36.4 Å². The maximum Gasteiger partial charge on any atom is 0.104 e. The first-order valence-electron chi connectivity index (χ1n) is 6.10. The van der Waals surface area contributed by atoms with E-state index < -0.39 is 6.17 Å². The van der Waals surface area contributed by atoms with Crippen LogP contribution >= 0.6 is 0 Å². The van der Waals surface area contributed by atoms with Crippen molar-refractivity contribution in [1.29, 1.82) is 0 Å². The second-order valence-electron chi connectivity index (χ2n) is 4.71. The molecule has 0 nitrogen and oxygen atoms in total. The molecule has 3 rings (SSSR count). The average molecular weight is 226 g/mol. The van der Waals surface area contributed by atoms with Gasteiger partial charge in [-0.1, -0.05) is 60.7 Å². The average Bonchev–Trinajstić information content (AvgIpc) is 3.09. The smallest absolute Gasteiger partial charge is 0.104 e. The Hall–Kier alpha value is -1.63. The minimum Gasteiger partial charge on any atom is -0.247 e. The van der Waals surface area contributed by atoms with Gasteiger partial charge in [-0.15, -0.1) is 0 Å². The molecule has 0 spiro atoms. The van der Waals surface area contributed by atoms with Crippen molar-refractivity contribution in [2.75, 3.05) is 0 Å². The Morgan fingerprint density at radius 3 is 1.59 bits per heavy atom. The van der Waals surface area contributed by atoms with E-state index in [-0.39, 0.29) is 11.8 Å². The Bertz CT molecular complexity index is 438. The maximum absolute atomic E-state index is 13.4. The molecular formula is C16H15F. The lowest BCUT2D eigenvalue weighted by Gasteiger charge is -2.17. The number of hydrogen-bond donors (Lipinski definition) is 0. The summed E-state index contributed by atoms with van der Waals surface area (Å²) in [6.07, 6.45) is 0.0782. The van der Waals surface area contributed by atoms with Gasteiger partial charge < -0.3 is 0 Å². The predicted octanol–water partition coefficient (Wildman–Crippen LogP) is 4.18. The summed E-state index contributed by atoms with van der Waals surface area (Å²) < 4.78 is 13.4. The van der Waals surface area contributed by atoms with Crippen molar-refractivity contribution in [3.05, 3.63) is 71.8 Å². The zero-order valence-corrected chi connectivity index (χ0v) is 9.59. The molecule has 0 bridgehead atoms. The van der Waals surface area contributed by atoms with Crippen molar-refractivity contribution in [2.45, 2.75) is 18.5 Å². The highest BCUT2D eigenvalue weighted by atomic mass is 19.1. The number of rotatable bonds is 3. The minimum atomic E-state index is -0.625. The number of benzene rings is 2. The first-order valence-corrected chi connectivity index (χ1v) is 6.10. The third-order valence-corrected chi connectivity index (χ3v) is 3.50. The van der Waals surface area contributed by atoms with Crippen LogP contribution in [-0.2, 0) is 0 Å². The molecule has 2 atom stereocenters. The quantitative estimate of drug-likeness (QED) is 0.736. The SMILES string of the molecule is FC1CC1C(c1ccccc1)c1ccccc1. The van der Waals surface area contributed by atoms with Gasteiger partial charge in [0.25, 0.3) is 0 Å². The molecule has 0 aliphatic heterocycles. The van der Waals surface area contributed by atoms with Crippen molar-refractivity contribution < 1.29 is 4.39 Å². The molecule has 0 aromatic heterocycles. The van der Waals surface area contributed by atoms with Crippen molar-refractivity contribution in [2.24, 2.45) is 5.92 Å². The molecule has 0 saturated heterocycles. The number of alkyl halides is 1. The van der Waals surface area contributed by atoms with E-state index in [0.717, 1.165) is 0 Å². The molecule has 2 aromatic carbocycles. The summed E-state index contributed by atoms with van der Waals surface area (Å²) in [5, 5.41) is 0. The highest BCUT2D eigenvalue weighted by Crippen LogP contribution is 2.48. The van der Waals surface area contributed by atoms with E-state index in [0.29, 0.717) is 6.42 Å². The second kappa shape index (κ2) is 4.33. The standard InChI is InChI=1S/C16H15F/c17-15-11-14(15)16(12-7-3-1-4-8-12)13-9-5-2-6-10-13/h1-10,14-16H,11H2. The highest BCUT2D eigenvalue weighted by Gasteiger charge is 2.44. The number of hydrogen-bond acceptors (Lipinski definition) is 0. The zero-order valence-electron chi connectivity index (χ0n) is 9.59. The topological polar surface area (TPSA) is 0 Å². The van der Waals surface area contributed by atoms with Gasteiger partial charge >= 0.3 is 0 Å². The normalized spacial score (nSPS) is 22.7. The zero-order chi connectivity index (χ0) is 11.7. The van der Waals surface area contributed by atoms with Gasteiger partial charge in [-0.25, -0.2) is 4.39 Å². The molecule has 0 heterocycles. The Kier molecular flexibility index (Phi) is 2.68. The van der Waals surface area contributed by atoms with Crippen LogP contribution in [0.4, 0.5) is 4.39 Å². The third kappa shape index (κ3) is 2.10. The molecule has 17 heavy (non-hydrogen) atoms. The van der Waals surface area contributed by atoms with Crippen LogP contribution < -0.4 is 0 Å². The van der Waals surface area contributed by atoms with E-state index in [2.05, 4.69) is 24.3 Å². The third-order valence-electron chi connectivity index (χ3n) is 3.50. The predicted molar refractivity (Wildman–Crippen MR) is 67.7 cm³/mol. The fourth-order valence-corrected chi connectivity index (χ4v) is 2.53. The molecule has 0 amide bonds. The summed E-state index contributed by atoms with van der Waals surface area (Å²) in [7, 11) is 0. The first kappa shape index (κ1) is 10.5. The molecule has 0 radical (unpaired) electrons. The van der Waals surface area contributed by atoms with Gasteiger partial charge in [-0.3, -0.25) is 0 Å². The van der Waals surface area contributed by atoms with Gasteiger partial charge in [0.15, 0.2) is 0 Å². The first-order chi connectivity index (χ1) is 8.36. The van der Waals surface area contributed by atoms with Gasteiger partial charge in [0, 0.05) is 11.8 Å². The minimum absolute atomic E-state index is 0.166. The Labute approximate surface area is 101 Å². The lowest BCUT2D eigenvalue weighted by Crippen LogP contribution is -2.05. The van der Waals surface area contributed by atoms with E-state index in [1.165, 1.54) is 11.1 Å². The monoisotopic (exact) mass is 226 g/mol. The van der Waals surface area contributed by atoms with Crippen molar-refractivity contribution >= 4 is 0 Å². The molecule has 1 fully saturated rings. The Morgan fingerprint density at radius 2 is 1.24 bits per heavy atom. The molecule has 0 N–H and O–H groups in total. The molecule has 86 valence electrons. The van der Waals surface area contributed by atoms with Gasteiger partial charge in [-0.05, 0) is 17.5 Å². The van der Waals surface area contributed by atoms with E-state index in [1.54, 1.807) is 0 Å². The van der Waals surface area contributed by atoms with Crippen LogP contribution in [0.1, 0.15) is 23.5 Å². The van der Waals surface area contributed by atoms with Crippen molar-refractivity contribution in [1.82, 2.24) is 0 Å².